The van der Waals surface area contributed by atoms with Crippen molar-refractivity contribution < 1.29 is 18.4 Å². The third-order valence-electron chi connectivity index (χ3n) is 4.43. The van der Waals surface area contributed by atoms with Gasteiger partial charge in [0.2, 0.25) is 0 Å². The summed E-state index contributed by atoms with van der Waals surface area (Å²) in [5.74, 6) is -0.604. The van der Waals surface area contributed by atoms with E-state index < -0.39 is 18.8 Å². The third kappa shape index (κ3) is 3.90. The fourth-order valence-electron chi connectivity index (χ4n) is 2.83. The first-order chi connectivity index (χ1) is 15.7. The fourth-order valence-corrected chi connectivity index (χ4v) is 2.83. The Morgan fingerprint density at radius 3 is 2.80 bits per heavy atom. The summed E-state index contributed by atoms with van der Waals surface area (Å²) in [6.45, 7) is -2.73. The molecule has 2 aromatic heterocycles. The molecule has 0 saturated heterocycles. The van der Waals surface area contributed by atoms with E-state index in [0.717, 1.165) is 12.8 Å². The van der Waals surface area contributed by atoms with Crippen molar-refractivity contribution in [2.45, 2.75) is 18.9 Å². The van der Waals surface area contributed by atoms with Gasteiger partial charge in [-0.3, -0.25) is 14.7 Å². The number of carbonyl (C=O) groups excluding carboxylic acids is 2. The largest absolute Gasteiger partial charge is 0.494 e. The maximum atomic E-state index is 12.6. The molecule has 1 aliphatic rings. The molecule has 3 aromatic rings. The number of H-pyrrole nitrogens is 1. The molecule has 30 heavy (non-hydrogen) atoms. The van der Waals surface area contributed by atoms with Gasteiger partial charge in [-0.1, -0.05) is 6.07 Å². The molecule has 0 spiro atoms. The Morgan fingerprint density at radius 2 is 2.10 bits per heavy atom. The molecule has 0 radical (unpaired) electrons. The highest BCUT2D eigenvalue weighted by atomic mass is 16.5. The number of aromatic amines is 1. The van der Waals surface area contributed by atoms with E-state index in [0.29, 0.717) is 22.8 Å². The molecular weight excluding hydrogens is 388 g/mol. The van der Waals surface area contributed by atoms with Gasteiger partial charge >= 0.3 is 0 Å². The lowest BCUT2D eigenvalue weighted by Crippen LogP contribution is -2.28. The zero-order valence-corrected chi connectivity index (χ0v) is 15.9. The van der Waals surface area contributed by atoms with Gasteiger partial charge in [0, 0.05) is 17.1 Å². The quantitative estimate of drug-likeness (QED) is 0.454. The summed E-state index contributed by atoms with van der Waals surface area (Å²) in [5.41, 5.74) is 0.736. The van der Waals surface area contributed by atoms with Crippen LogP contribution in [0.25, 0.3) is 11.4 Å². The first-order valence-corrected chi connectivity index (χ1v) is 9.06. The number of amides is 2. The summed E-state index contributed by atoms with van der Waals surface area (Å²) in [4.78, 5) is 29.2. The number of hydrogen-bond acceptors (Lipinski definition) is 8. The molecule has 11 heteroatoms. The Morgan fingerprint density at radius 1 is 1.23 bits per heavy atom. The number of carbonyl (C=O) groups is 2. The predicted molar refractivity (Wildman–Crippen MR) is 108 cm³/mol. The van der Waals surface area contributed by atoms with Gasteiger partial charge < -0.3 is 20.7 Å². The molecule has 2 amide bonds. The first-order valence-electron chi connectivity index (χ1n) is 10.6. The topological polar surface area (TPSA) is 147 Å². The van der Waals surface area contributed by atoms with Crippen molar-refractivity contribution in [1.82, 2.24) is 36.0 Å². The van der Waals surface area contributed by atoms with Crippen molar-refractivity contribution in [3.05, 3.63) is 42.0 Å². The van der Waals surface area contributed by atoms with Crippen molar-refractivity contribution in [1.29, 1.82) is 0 Å². The van der Waals surface area contributed by atoms with Crippen LogP contribution in [0.2, 0.25) is 0 Å². The maximum Gasteiger partial charge on any atom is 0.273 e. The molecule has 0 unspecified atom stereocenters. The zero-order chi connectivity index (χ0) is 23.6. The number of rotatable bonds is 7. The minimum atomic E-state index is -2.73. The number of nitrogens with zero attached hydrogens (tertiary/aromatic N) is 4. The average molecular weight is 411 g/mol. The lowest BCUT2D eigenvalue weighted by Gasteiger charge is -2.16. The molecule has 2 heterocycles. The molecule has 1 aromatic carbocycles. The lowest BCUT2D eigenvalue weighted by atomic mass is 10.1. The Bertz CT molecular complexity index is 1180. The van der Waals surface area contributed by atoms with E-state index in [2.05, 4.69) is 36.0 Å². The van der Waals surface area contributed by atoms with E-state index in [9.17, 15) is 9.59 Å². The van der Waals surface area contributed by atoms with Gasteiger partial charge in [-0.2, -0.15) is 5.10 Å². The molecule has 11 nitrogen and oxygen atoms in total. The monoisotopic (exact) mass is 411 g/mol. The standard InChI is InChI=1S/C19H20N8O3/c1-20-19(29)15-13(8-14(25-26-15)18(28)23-10-6-7-10)24-12-5-3-4-11(16(12)30-2)17-21-9-22-27-17/h3-5,8-10H,6-7H2,1-2H3,(H,20,29)(H,23,28)(H,24,25)(H,21,22,27)/i1D3. The summed E-state index contributed by atoms with van der Waals surface area (Å²) in [7, 11) is 1.46. The van der Waals surface area contributed by atoms with Gasteiger partial charge in [0.15, 0.2) is 23.0 Å². The Labute approximate surface area is 175 Å². The molecule has 1 aliphatic carbocycles. The van der Waals surface area contributed by atoms with Crippen molar-refractivity contribution in [2.24, 2.45) is 0 Å². The zero-order valence-electron chi connectivity index (χ0n) is 18.9. The SMILES string of the molecule is [2H]C([2H])([2H])NC(=O)c1nnc(C(=O)NC2CC2)cc1Nc1cccc(-c2ncn[nH]2)c1OC. The Balaban J connectivity index is 1.73. The van der Waals surface area contributed by atoms with E-state index in [-0.39, 0.29) is 23.1 Å². The smallest absolute Gasteiger partial charge is 0.273 e. The van der Waals surface area contributed by atoms with Gasteiger partial charge in [0.1, 0.15) is 6.33 Å². The van der Waals surface area contributed by atoms with Crippen LogP contribution in [0.5, 0.6) is 5.75 Å². The summed E-state index contributed by atoms with van der Waals surface area (Å²) in [6.07, 6.45) is 3.12. The number of para-hydroxylation sites is 1. The summed E-state index contributed by atoms with van der Waals surface area (Å²) < 4.78 is 27.4. The summed E-state index contributed by atoms with van der Waals surface area (Å²) >= 11 is 0. The number of hydrogen-bond donors (Lipinski definition) is 4. The van der Waals surface area contributed by atoms with E-state index in [4.69, 9.17) is 8.85 Å². The molecule has 4 rings (SSSR count). The molecule has 0 aliphatic heterocycles. The summed E-state index contributed by atoms with van der Waals surface area (Å²) in [5, 5.41) is 21.9. The van der Waals surface area contributed by atoms with Crippen LogP contribution in [0.15, 0.2) is 30.6 Å². The Kier molecular flexibility index (Phi) is 4.31. The van der Waals surface area contributed by atoms with Gasteiger partial charge in [0.05, 0.1) is 24.0 Å². The molecule has 1 saturated carbocycles. The number of ether oxygens (including phenoxy) is 1. The van der Waals surface area contributed by atoms with Crippen LogP contribution in [0.4, 0.5) is 11.4 Å². The van der Waals surface area contributed by atoms with Gasteiger partial charge in [-0.25, -0.2) is 4.98 Å². The van der Waals surface area contributed by atoms with E-state index in [1.54, 1.807) is 18.2 Å². The van der Waals surface area contributed by atoms with Crippen LogP contribution in [-0.4, -0.2) is 57.3 Å². The van der Waals surface area contributed by atoms with Crippen LogP contribution in [0, 0.1) is 0 Å². The van der Waals surface area contributed by atoms with Crippen molar-refractivity contribution >= 4 is 23.2 Å². The van der Waals surface area contributed by atoms with Crippen molar-refractivity contribution in [3.63, 3.8) is 0 Å². The highest BCUT2D eigenvalue weighted by Gasteiger charge is 2.26. The third-order valence-corrected chi connectivity index (χ3v) is 4.43. The number of benzene rings is 1. The highest BCUT2D eigenvalue weighted by molar-refractivity contribution is 6.00. The number of aromatic nitrogens is 5. The molecule has 154 valence electrons. The average Bonchev–Trinajstić information content (AvgIpc) is 3.40. The normalized spacial score (nSPS) is 14.8. The molecular formula is C19H20N8O3. The van der Waals surface area contributed by atoms with Crippen LogP contribution < -0.4 is 20.7 Å². The highest BCUT2D eigenvalue weighted by Crippen LogP contribution is 2.36. The second-order valence-corrected chi connectivity index (χ2v) is 6.54. The van der Waals surface area contributed by atoms with Crippen molar-refractivity contribution in [3.8, 4) is 17.1 Å². The van der Waals surface area contributed by atoms with Gasteiger partial charge in [0.25, 0.3) is 11.8 Å². The van der Waals surface area contributed by atoms with Crippen LogP contribution >= 0.6 is 0 Å². The van der Waals surface area contributed by atoms with Crippen LogP contribution in [0.3, 0.4) is 0 Å². The van der Waals surface area contributed by atoms with Crippen LogP contribution in [-0.2, 0) is 0 Å². The first kappa shape index (κ1) is 15.9. The van der Waals surface area contributed by atoms with Gasteiger partial charge in [-0.15, -0.1) is 10.2 Å². The minimum Gasteiger partial charge on any atom is -0.494 e. The fraction of sp³-hybridized carbons (Fsp3) is 0.263. The van der Waals surface area contributed by atoms with E-state index in [1.807, 2.05) is 5.32 Å². The number of nitrogens with one attached hydrogen (secondary N) is 4. The van der Waals surface area contributed by atoms with Gasteiger partial charge in [-0.05, 0) is 31.0 Å². The molecule has 1 fully saturated rings. The number of anilines is 2. The second-order valence-electron chi connectivity index (χ2n) is 6.54. The van der Waals surface area contributed by atoms with E-state index in [1.165, 1.54) is 19.5 Å². The van der Waals surface area contributed by atoms with E-state index >= 15 is 0 Å². The van der Waals surface area contributed by atoms with Crippen LogP contribution in [0.1, 0.15) is 37.9 Å². The lowest BCUT2D eigenvalue weighted by molar-refractivity contribution is 0.0935. The summed E-state index contributed by atoms with van der Waals surface area (Å²) in [6, 6.07) is 6.58. The maximum absolute atomic E-state index is 12.6. The van der Waals surface area contributed by atoms with Crippen molar-refractivity contribution in [2.75, 3.05) is 19.4 Å². The second kappa shape index (κ2) is 8.15. The predicted octanol–water partition coefficient (Wildman–Crippen LogP) is 1.27. The minimum absolute atomic E-state index is 0.0276. The Hall–Kier alpha value is -4.02. The molecule has 4 N–H and O–H groups in total. The molecule has 0 bridgehead atoms. The molecule has 0 atom stereocenters. The number of methoxy groups -OCH3 is 1.